The van der Waals surface area contributed by atoms with Crippen molar-refractivity contribution >= 4 is 28.7 Å². The lowest BCUT2D eigenvalue weighted by Crippen LogP contribution is -2.42. The number of carbonyl (C=O) groups excluding carboxylic acids is 1. The number of hydrogen-bond donors (Lipinski definition) is 2. The third kappa shape index (κ3) is 4.24. The lowest BCUT2D eigenvalue weighted by Gasteiger charge is -2.26. The van der Waals surface area contributed by atoms with E-state index in [9.17, 15) is 14.4 Å². The minimum Gasteiger partial charge on any atom is -0.383 e. The summed E-state index contributed by atoms with van der Waals surface area (Å²) in [5.41, 5.74) is 5.02. The molecule has 3 N–H and O–H groups in total. The van der Waals surface area contributed by atoms with Crippen molar-refractivity contribution in [2.24, 2.45) is 11.8 Å². The highest BCUT2D eigenvalue weighted by Crippen LogP contribution is 2.24. The largest absolute Gasteiger partial charge is 0.383 e. The first-order valence-corrected chi connectivity index (χ1v) is 9.44. The first kappa shape index (κ1) is 20.0. The van der Waals surface area contributed by atoms with Gasteiger partial charge in [0.1, 0.15) is 5.82 Å². The maximum atomic E-state index is 13.1. The van der Waals surface area contributed by atoms with Crippen LogP contribution < -0.4 is 21.9 Å². The Morgan fingerprint density at radius 3 is 2.38 bits per heavy atom. The highest BCUT2D eigenvalue weighted by molar-refractivity contribution is 7.14. The smallest absolute Gasteiger partial charge is 0.330 e. The van der Waals surface area contributed by atoms with Crippen LogP contribution in [0, 0.1) is 18.8 Å². The number of hydrogen-bond acceptors (Lipinski definition) is 5. The first-order valence-electron chi connectivity index (χ1n) is 8.62. The Morgan fingerprint density at radius 2 is 1.88 bits per heavy atom. The van der Waals surface area contributed by atoms with Gasteiger partial charge < -0.3 is 5.73 Å². The quantitative estimate of drug-likeness (QED) is 0.806. The maximum absolute atomic E-state index is 13.1. The highest BCUT2D eigenvalue weighted by Gasteiger charge is 2.26. The molecule has 0 aliphatic rings. The molecular formula is C18H26N4O3S. The molecule has 0 fully saturated rings. The molecule has 2 aromatic rings. The molecule has 7 nitrogen and oxygen atoms in total. The first-order chi connectivity index (χ1) is 12.1. The van der Waals surface area contributed by atoms with Gasteiger partial charge >= 0.3 is 5.69 Å². The van der Waals surface area contributed by atoms with Crippen LogP contribution in [0.5, 0.6) is 0 Å². The molecule has 0 aromatic carbocycles. The summed E-state index contributed by atoms with van der Waals surface area (Å²) in [6.45, 7) is 10.4. The number of nitrogens with one attached hydrogen (secondary N) is 1. The number of aromatic nitrogens is 2. The van der Waals surface area contributed by atoms with E-state index in [4.69, 9.17) is 5.73 Å². The van der Waals surface area contributed by atoms with Crippen LogP contribution in [0.2, 0.25) is 0 Å². The second-order valence-corrected chi connectivity index (χ2v) is 8.51. The van der Waals surface area contributed by atoms with Gasteiger partial charge in [0.15, 0.2) is 5.69 Å². The van der Waals surface area contributed by atoms with Crippen LogP contribution in [-0.4, -0.2) is 22.0 Å². The molecule has 8 heteroatoms. The summed E-state index contributed by atoms with van der Waals surface area (Å²) in [7, 11) is 0. The molecular weight excluding hydrogens is 352 g/mol. The Labute approximate surface area is 156 Å². The molecule has 0 aliphatic carbocycles. The molecule has 0 unspecified atom stereocenters. The van der Waals surface area contributed by atoms with E-state index >= 15 is 0 Å². The van der Waals surface area contributed by atoms with Crippen molar-refractivity contribution in [3.63, 3.8) is 0 Å². The number of nitrogen functional groups attached to an aromatic ring is 1. The van der Waals surface area contributed by atoms with Crippen molar-refractivity contribution < 1.29 is 4.79 Å². The molecule has 0 saturated heterocycles. The van der Waals surface area contributed by atoms with Crippen molar-refractivity contribution in [3.05, 3.63) is 42.7 Å². The average Bonchev–Trinajstić information content (AvgIpc) is 2.95. The predicted molar refractivity (Wildman–Crippen MR) is 106 cm³/mol. The van der Waals surface area contributed by atoms with E-state index in [1.165, 1.54) is 20.8 Å². The number of thiophene rings is 1. The van der Waals surface area contributed by atoms with Crippen LogP contribution >= 0.6 is 11.3 Å². The monoisotopic (exact) mass is 378 g/mol. The molecule has 0 spiro atoms. The van der Waals surface area contributed by atoms with E-state index in [1.807, 2.05) is 40.7 Å². The van der Waals surface area contributed by atoms with E-state index in [1.54, 1.807) is 6.07 Å². The molecule has 1 amide bonds. The van der Waals surface area contributed by atoms with Crippen molar-refractivity contribution in [3.8, 4) is 0 Å². The zero-order valence-electron chi connectivity index (χ0n) is 15.8. The number of rotatable bonds is 6. The van der Waals surface area contributed by atoms with Gasteiger partial charge in [0.05, 0.1) is 4.88 Å². The molecule has 142 valence electrons. The zero-order chi connectivity index (χ0) is 19.6. The molecule has 0 atom stereocenters. The van der Waals surface area contributed by atoms with Crippen LogP contribution in [0.15, 0.2) is 21.7 Å². The molecule has 2 rings (SSSR count). The van der Waals surface area contributed by atoms with Crippen LogP contribution in [0.25, 0.3) is 0 Å². The fraction of sp³-hybridized carbons (Fsp3) is 0.500. The summed E-state index contributed by atoms with van der Waals surface area (Å²) in [5.74, 6) is 0.00529. The summed E-state index contributed by atoms with van der Waals surface area (Å²) >= 11 is 1.36. The molecule has 0 bridgehead atoms. The van der Waals surface area contributed by atoms with E-state index in [-0.39, 0.29) is 29.2 Å². The predicted octanol–water partition coefficient (Wildman–Crippen LogP) is 2.45. The van der Waals surface area contributed by atoms with Gasteiger partial charge in [0.25, 0.3) is 11.5 Å². The Kier molecular flexibility index (Phi) is 6.07. The van der Waals surface area contributed by atoms with Gasteiger partial charge in [-0.2, -0.15) is 0 Å². The Morgan fingerprint density at radius 1 is 1.23 bits per heavy atom. The number of anilines is 2. The molecule has 26 heavy (non-hydrogen) atoms. The summed E-state index contributed by atoms with van der Waals surface area (Å²) < 4.78 is 1.32. The fourth-order valence-electron chi connectivity index (χ4n) is 2.71. The van der Waals surface area contributed by atoms with Gasteiger partial charge in [-0.05, 0) is 30.9 Å². The van der Waals surface area contributed by atoms with Gasteiger partial charge in [-0.15, -0.1) is 11.3 Å². The SMILES string of the molecule is Cc1ccc(C(=O)N(CC(C)C)c2c(N)n(CC(C)C)c(=O)[nH]c2=O)s1. The van der Waals surface area contributed by atoms with Crippen LogP contribution in [0.4, 0.5) is 11.5 Å². The van der Waals surface area contributed by atoms with Crippen molar-refractivity contribution in [1.29, 1.82) is 0 Å². The average molecular weight is 378 g/mol. The van der Waals surface area contributed by atoms with Gasteiger partial charge in [0.2, 0.25) is 0 Å². The van der Waals surface area contributed by atoms with Gasteiger partial charge in [-0.25, -0.2) is 4.79 Å². The van der Waals surface area contributed by atoms with E-state index in [0.29, 0.717) is 18.0 Å². The minimum atomic E-state index is -0.644. The minimum absolute atomic E-state index is 0.0229. The number of nitrogens with two attached hydrogens (primary N) is 1. The highest BCUT2D eigenvalue weighted by atomic mass is 32.1. The van der Waals surface area contributed by atoms with E-state index < -0.39 is 11.2 Å². The second-order valence-electron chi connectivity index (χ2n) is 7.22. The lowest BCUT2D eigenvalue weighted by atomic mass is 10.2. The van der Waals surface area contributed by atoms with Gasteiger partial charge in [0, 0.05) is 18.0 Å². The maximum Gasteiger partial charge on any atom is 0.330 e. The summed E-state index contributed by atoms with van der Waals surface area (Å²) in [4.78, 5) is 43.0. The summed E-state index contributed by atoms with van der Waals surface area (Å²) in [5, 5.41) is 0. The van der Waals surface area contributed by atoms with E-state index in [2.05, 4.69) is 4.98 Å². The standard InChI is InChI=1S/C18H26N4O3S/c1-10(2)8-21(17(24)13-7-6-12(5)26-13)14-15(19)22(9-11(3)4)18(25)20-16(14)23/h6-7,10-11H,8-9,19H2,1-5H3,(H,20,23,25). The molecule has 2 heterocycles. The molecule has 0 saturated carbocycles. The topological polar surface area (TPSA) is 101 Å². The van der Waals surface area contributed by atoms with Gasteiger partial charge in [-0.3, -0.25) is 24.0 Å². The van der Waals surface area contributed by atoms with Crippen LogP contribution in [0.1, 0.15) is 42.2 Å². The lowest BCUT2D eigenvalue weighted by molar-refractivity contribution is 0.0987. The van der Waals surface area contributed by atoms with Crippen molar-refractivity contribution in [2.75, 3.05) is 17.2 Å². The number of amides is 1. The third-order valence-corrected chi connectivity index (χ3v) is 4.76. The van der Waals surface area contributed by atoms with Crippen LogP contribution in [-0.2, 0) is 6.54 Å². The van der Waals surface area contributed by atoms with E-state index in [0.717, 1.165) is 4.88 Å². The number of carbonyl (C=O) groups is 1. The Balaban J connectivity index is 2.63. The number of nitrogens with zero attached hydrogens (tertiary/aromatic N) is 2. The van der Waals surface area contributed by atoms with Gasteiger partial charge in [-0.1, -0.05) is 27.7 Å². The summed E-state index contributed by atoms with van der Waals surface area (Å²) in [6.07, 6.45) is 0. The number of aryl methyl sites for hydroxylation is 1. The third-order valence-electron chi connectivity index (χ3n) is 3.78. The molecule has 0 aliphatic heterocycles. The van der Waals surface area contributed by atoms with Crippen molar-refractivity contribution in [1.82, 2.24) is 9.55 Å². The zero-order valence-corrected chi connectivity index (χ0v) is 16.6. The van der Waals surface area contributed by atoms with Crippen molar-refractivity contribution in [2.45, 2.75) is 41.2 Å². The number of H-pyrrole nitrogens is 1. The Bertz CT molecular complexity index is 908. The normalized spacial score (nSPS) is 11.3. The fourth-order valence-corrected chi connectivity index (χ4v) is 3.52. The van der Waals surface area contributed by atoms with Crippen LogP contribution in [0.3, 0.4) is 0 Å². The number of aromatic amines is 1. The Hall–Kier alpha value is -2.35. The summed E-state index contributed by atoms with van der Waals surface area (Å²) in [6, 6.07) is 3.60. The second kappa shape index (κ2) is 7.90. The molecule has 0 radical (unpaired) electrons. The molecule has 2 aromatic heterocycles.